The van der Waals surface area contributed by atoms with Crippen LogP contribution in [-0.4, -0.2) is 17.2 Å². The van der Waals surface area contributed by atoms with Gasteiger partial charge in [0.1, 0.15) is 0 Å². The number of benzene rings is 1. The first-order chi connectivity index (χ1) is 8.00. The average molecular weight is 251 g/mol. The lowest BCUT2D eigenvalue weighted by Gasteiger charge is -2.01. The van der Waals surface area contributed by atoms with Gasteiger partial charge in [-0.15, -0.1) is 0 Å². The van der Waals surface area contributed by atoms with Crippen molar-refractivity contribution in [3.63, 3.8) is 0 Å². The van der Waals surface area contributed by atoms with Crippen LogP contribution in [0.2, 0.25) is 0 Å². The second-order valence-electron chi connectivity index (χ2n) is 3.53. The molecule has 0 spiro atoms. The maximum atomic E-state index is 11.5. The summed E-state index contributed by atoms with van der Waals surface area (Å²) in [5, 5.41) is -0.622. The Bertz CT molecular complexity index is 572. The normalized spacial score (nSPS) is 15.2. The summed E-state index contributed by atoms with van der Waals surface area (Å²) in [5.41, 5.74) is 1.12. The van der Waals surface area contributed by atoms with Crippen molar-refractivity contribution in [2.45, 2.75) is 6.92 Å². The van der Waals surface area contributed by atoms with Crippen molar-refractivity contribution in [1.82, 2.24) is 0 Å². The van der Waals surface area contributed by atoms with E-state index in [4.69, 9.17) is 11.6 Å². The van der Waals surface area contributed by atoms with Crippen LogP contribution < -0.4 is 0 Å². The molecule has 0 unspecified atom stereocenters. The lowest BCUT2D eigenvalue weighted by Crippen LogP contribution is -2.02. The lowest BCUT2D eigenvalue weighted by atomic mass is 10.0. The molecule has 1 aliphatic heterocycles. The zero-order chi connectivity index (χ0) is 12.6. The largest absolute Gasteiger partial charge is 0.386 e. The molecule has 17 heavy (non-hydrogen) atoms. The molecule has 0 aliphatic carbocycles. The van der Waals surface area contributed by atoms with Crippen LogP contribution in [0.25, 0.3) is 5.57 Å². The molecular formula is C12H7ClO4. The Morgan fingerprint density at radius 1 is 1.24 bits per heavy atom. The number of hydrogen-bond acceptors (Lipinski definition) is 4. The predicted molar refractivity (Wildman–Crippen MR) is 60.3 cm³/mol. The number of hydrogen-bond donors (Lipinski definition) is 0. The minimum absolute atomic E-state index is 0.176. The summed E-state index contributed by atoms with van der Waals surface area (Å²) in [6.07, 6.45) is 0. The second-order valence-corrected chi connectivity index (χ2v) is 3.87. The fourth-order valence-corrected chi connectivity index (χ4v) is 1.72. The molecule has 0 aromatic heterocycles. The molecule has 0 atom stereocenters. The smallest absolute Gasteiger partial charge is 0.347 e. The number of rotatable bonds is 2. The quantitative estimate of drug-likeness (QED) is 0.457. The molecule has 5 heteroatoms. The van der Waals surface area contributed by atoms with E-state index in [0.29, 0.717) is 5.56 Å². The van der Waals surface area contributed by atoms with Gasteiger partial charge < -0.3 is 4.74 Å². The van der Waals surface area contributed by atoms with Crippen molar-refractivity contribution in [2.75, 3.05) is 0 Å². The van der Waals surface area contributed by atoms with E-state index in [1.165, 1.54) is 19.1 Å². The van der Waals surface area contributed by atoms with Gasteiger partial charge in [0, 0.05) is 11.1 Å². The molecule has 0 radical (unpaired) electrons. The van der Waals surface area contributed by atoms with Gasteiger partial charge in [-0.1, -0.05) is 18.2 Å². The summed E-state index contributed by atoms with van der Waals surface area (Å²) in [7, 11) is 0. The molecule has 0 saturated carbocycles. The van der Waals surface area contributed by atoms with Gasteiger partial charge in [-0.3, -0.25) is 4.79 Å². The fourth-order valence-electron chi connectivity index (χ4n) is 1.60. The maximum absolute atomic E-state index is 11.5. The topological polar surface area (TPSA) is 60.4 Å². The van der Waals surface area contributed by atoms with E-state index < -0.39 is 17.2 Å². The van der Waals surface area contributed by atoms with E-state index in [0.717, 1.165) is 0 Å². The number of carbonyl (C=O) groups excluding carboxylic acids is 3. The van der Waals surface area contributed by atoms with Gasteiger partial charge in [0.2, 0.25) is 0 Å². The first-order valence-electron chi connectivity index (χ1n) is 4.78. The number of halogens is 1. The highest BCUT2D eigenvalue weighted by Crippen LogP contribution is 2.27. The molecular weight excluding hydrogens is 244 g/mol. The monoisotopic (exact) mass is 250 g/mol. The molecule has 0 N–H and O–H groups in total. The van der Waals surface area contributed by atoms with Crippen molar-refractivity contribution in [1.29, 1.82) is 0 Å². The first-order valence-corrected chi connectivity index (χ1v) is 5.16. The molecule has 1 aromatic rings. The van der Waals surface area contributed by atoms with E-state index in [2.05, 4.69) is 4.74 Å². The van der Waals surface area contributed by atoms with Crippen LogP contribution >= 0.6 is 11.6 Å². The van der Waals surface area contributed by atoms with E-state index in [9.17, 15) is 14.4 Å². The van der Waals surface area contributed by atoms with Gasteiger partial charge in [0.15, 0.2) is 0 Å². The standard InChI is InChI=1S/C12H7ClO4/c1-6-9(12(16)17-11(6)15)7-3-2-4-8(5-7)10(13)14/h2-5H,1H3. The number of ether oxygens (including phenoxy) is 1. The zero-order valence-corrected chi connectivity index (χ0v) is 9.58. The van der Waals surface area contributed by atoms with Gasteiger partial charge in [0.25, 0.3) is 5.24 Å². The minimum atomic E-state index is -0.702. The summed E-state index contributed by atoms with van der Waals surface area (Å²) in [5.74, 6) is -1.36. The first kappa shape index (κ1) is 11.5. The molecule has 4 nitrogen and oxygen atoms in total. The van der Waals surface area contributed by atoms with Gasteiger partial charge in [-0.05, 0) is 30.2 Å². The van der Waals surface area contributed by atoms with E-state index >= 15 is 0 Å². The average Bonchev–Trinajstić information content (AvgIpc) is 2.53. The van der Waals surface area contributed by atoms with Crippen LogP contribution in [0.3, 0.4) is 0 Å². The highest BCUT2D eigenvalue weighted by Gasteiger charge is 2.31. The summed E-state index contributed by atoms with van der Waals surface area (Å²) < 4.78 is 4.47. The third-order valence-electron chi connectivity index (χ3n) is 2.45. The van der Waals surface area contributed by atoms with Crippen LogP contribution in [-0.2, 0) is 14.3 Å². The van der Waals surface area contributed by atoms with E-state index in [1.807, 2.05) is 0 Å². The maximum Gasteiger partial charge on any atom is 0.347 e. The molecule has 0 saturated heterocycles. The van der Waals surface area contributed by atoms with Crippen LogP contribution in [0.15, 0.2) is 29.8 Å². The molecule has 1 heterocycles. The molecule has 1 aliphatic rings. The number of carbonyl (C=O) groups is 3. The van der Waals surface area contributed by atoms with Crippen molar-refractivity contribution in [2.24, 2.45) is 0 Å². The lowest BCUT2D eigenvalue weighted by molar-refractivity contribution is -0.150. The Labute approximate surface area is 102 Å². The molecule has 0 fully saturated rings. The molecule has 86 valence electrons. The molecule has 0 amide bonds. The van der Waals surface area contributed by atoms with Gasteiger partial charge in [-0.25, -0.2) is 9.59 Å². The van der Waals surface area contributed by atoms with E-state index in [1.54, 1.807) is 12.1 Å². The van der Waals surface area contributed by atoms with E-state index in [-0.39, 0.29) is 16.7 Å². The van der Waals surface area contributed by atoms with Crippen molar-refractivity contribution < 1.29 is 19.1 Å². The Morgan fingerprint density at radius 2 is 1.94 bits per heavy atom. The minimum Gasteiger partial charge on any atom is -0.386 e. The third-order valence-corrected chi connectivity index (χ3v) is 2.67. The van der Waals surface area contributed by atoms with Crippen LogP contribution in [0.1, 0.15) is 22.8 Å². The SMILES string of the molecule is CC1=C(c2cccc(C(=O)Cl)c2)C(=O)OC1=O. The predicted octanol–water partition coefficient (Wildman–Crippen LogP) is 1.92. The Kier molecular flexibility index (Phi) is 2.81. The molecule has 1 aromatic carbocycles. The Morgan fingerprint density at radius 3 is 2.47 bits per heavy atom. The van der Waals surface area contributed by atoms with Crippen LogP contribution in [0.4, 0.5) is 0 Å². The third kappa shape index (κ3) is 1.99. The number of cyclic esters (lactones) is 2. The highest BCUT2D eigenvalue weighted by molar-refractivity contribution is 6.67. The van der Waals surface area contributed by atoms with Crippen molar-refractivity contribution in [3.05, 3.63) is 41.0 Å². The van der Waals surface area contributed by atoms with Crippen LogP contribution in [0.5, 0.6) is 0 Å². The second kappa shape index (κ2) is 4.14. The Hall–Kier alpha value is -1.94. The molecule has 0 bridgehead atoms. The summed E-state index contributed by atoms with van der Waals surface area (Å²) in [6.45, 7) is 1.50. The number of esters is 2. The molecule has 2 rings (SSSR count). The Balaban J connectivity index is 2.55. The van der Waals surface area contributed by atoms with Gasteiger partial charge in [0.05, 0.1) is 5.57 Å². The van der Waals surface area contributed by atoms with Crippen LogP contribution in [0, 0.1) is 0 Å². The summed E-state index contributed by atoms with van der Waals surface area (Å²) in [6, 6.07) is 6.17. The van der Waals surface area contributed by atoms with Crippen molar-refractivity contribution >= 4 is 34.4 Å². The van der Waals surface area contributed by atoms with Crippen molar-refractivity contribution in [3.8, 4) is 0 Å². The van der Waals surface area contributed by atoms with Gasteiger partial charge in [-0.2, -0.15) is 0 Å². The zero-order valence-electron chi connectivity index (χ0n) is 8.82. The fraction of sp³-hybridized carbons (Fsp3) is 0.0833. The summed E-state index contributed by atoms with van der Waals surface area (Å²) >= 11 is 5.35. The highest BCUT2D eigenvalue weighted by atomic mass is 35.5. The van der Waals surface area contributed by atoms with Gasteiger partial charge >= 0.3 is 11.9 Å². The summed E-state index contributed by atoms with van der Waals surface area (Å²) in [4.78, 5) is 33.7.